The minimum absolute atomic E-state index is 0.120. The molecule has 2 heterocycles. The van der Waals surface area contributed by atoms with E-state index in [9.17, 15) is 0 Å². The number of epoxide rings is 2. The number of fused-ring (bicyclic) bond motifs is 1. The summed E-state index contributed by atoms with van der Waals surface area (Å²) in [6.45, 7) is 1.15. The van der Waals surface area contributed by atoms with E-state index in [1.807, 2.05) is 0 Å². The highest BCUT2D eigenvalue weighted by molar-refractivity contribution is 5.08. The number of rotatable bonds is 2. The van der Waals surface area contributed by atoms with Crippen molar-refractivity contribution in [3.63, 3.8) is 0 Å². The Morgan fingerprint density at radius 1 is 1.50 bits per heavy atom. The number of hydrogen-bond acceptors (Lipinski definition) is 3. The van der Waals surface area contributed by atoms with Gasteiger partial charge in [-0.15, -0.1) is 0 Å². The van der Waals surface area contributed by atoms with Gasteiger partial charge in [-0.3, -0.25) is 0 Å². The van der Waals surface area contributed by atoms with Gasteiger partial charge in [0, 0.05) is 0 Å². The van der Waals surface area contributed by atoms with Gasteiger partial charge in [0.15, 0.2) is 0 Å². The van der Waals surface area contributed by atoms with Crippen LogP contribution in [0.2, 0.25) is 0 Å². The van der Waals surface area contributed by atoms with Crippen LogP contribution >= 0.6 is 0 Å². The monoisotopic (exact) mass is 170 g/mol. The zero-order valence-electron chi connectivity index (χ0n) is 7.03. The fourth-order valence-electron chi connectivity index (χ4n) is 2.44. The predicted molar refractivity (Wildman–Crippen MR) is 41.8 cm³/mol. The molecular formula is C9H14O3. The average Bonchev–Trinajstić information content (AvgIpc) is 2.98. The molecule has 3 heteroatoms. The fourth-order valence-corrected chi connectivity index (χ4v) is 2.44. The Balaban J connectivity index is 1.64. The number of hydrogen-bond donors (Lipinski definition) is 1. The SMILES string of the molecule is OCC12CCC(C3CO3)CC1O2. The summed E-state index contributed by atoms with van der Waals surface area (Å²) >= 11 is 0. The topological polar surface area (TPSA) is 45.3 Å². The van der Waals surface area contributed by atoms with Crippen LogP contribution in [0.1, 0.15) is 19.3 Å². The van der Waals surface area contributed by atoms with Gasteiger partial charge in [0.2, 0.25) is 0 Å². The first-order valence-electron chi connectivity index (χ1n) is 4.74. The van der Waals surface area contributed by atoms with Crippen LogP contribution in [-0.2, 0) is 9.47 Å². The lowest BCUT2D eigenvalue weighted by atomic mass is 9.81. The highest BCUT2D eigenvalue weighted by Crippen LogP contribution is 2.51. The van der Waals surface area contributed by atoms with Crippen molar-refractivity contribution in [3.05, 3.63) is 0 Å². The van der Waals surface area contributed by atoms with Crippen LogP contribution in [0.25, 0.3) is 0 Å². The van der Waals surface area contributed by atoms with Gasteiger partial charge in [0.05, 0.1) is 25.4 Å². The summed E-state index contributed by atoms with van der Waals surface area (Å²) in [4.78, 5) is 0. The number of ether oxygens (including phenoxy) is 2. The molecule has 2 saturated heterocycles. The van der Waals surface area contributed by atoms with Gasteiger partial charge < -0.3 is 14.6 Å². The summed E-state index contributed by atoms with van der Waals surface area (Å²) in [5.74, 6) is 0.706. The van der Waals surface area contributed by atoms with Gasteiger partial charge in [-0.05, 0) is 25.2 Å². The second kappa shape index (κ2) is 2.22. The molecule has 1 saturated carbocycles. The molecule has 12 heavy (non-hydrogen) atoms. The Bertz CT molecular complexity index is 202. The van der Waals surface area contributed by atoms with Crippen molar-refractivity contribution in [1.82, 2.24) is 0 Å². The van der Waals surface area contributed by atoms with Crippen molar-refractivity contribution < 1.29 is 14.6 Å². The first-order valence-corrected chi connectivity index (χ1v) is 4.74. The Labute approximate surface area is 71.7 Å². The molecule has 0 aromatic heterocycles. The van der Waals surface area contributed by atoms with E-state index >= 15 is 0 Å². The largest absolute Gasteiger partial charge is 0.393 e. The lowest BCUT2D eigenvalue weighted by Crippen LogP contribution is -2.29. The molecule has 0 amide bonds. The molecule has 1 aliphatic carbocycles. The molecule has 3 fully saturated rings. The van der Waals surface area contributed by atoms with E-state index in [0.717, 1.165) is 19.4 Å². The van der Waals surface area contributed by atoms with E-state index in [0.29, 0.717) is 18.1 Å². The highest BCUT2D eigenvalue weighted by Gasteiger charge is 2.60. The van der Waals surface area contributed by atoms with Crippen LogP contribution in [0.3, 0.4) is 0 Å². The molecule has 0 radical (unpaired) electrons. The van der Waals surface area contributed by atoms with Crippen LogP contribution in [0.5, 0.6) is 0 Å². The predicted octanol–water partition coefficient (Wildman–Crippen LogP) is 0.315. The van der Waals surface area contributed by atoms with Gasteiger partial charge in [-0.2, -0.15) is 0 Å². The Hall–Kier alpha value is -0.120. The molecule has 4 atom stereocenters. The van der Waals surface area contributed by atoms with Gasteiger partial charge in [-0.25, -0.2) is 0 Å². The lowest BCUT2D eigenvalue weighted by molar-refractivity contribution is 0.155. The van der Waals surface area contributed by atoms with E-state index in [1.54, 1.807) is 0 Å². The minimum atomic E-state index is -0.120. The summed E-state index contributed by atoms with van der Waals surface area (Å²) < 4.78 is 10.8. The molecule has 2 aliphatic heterocycles. The van der Waals surface area contributed by atoms with E-state index in [2.05, 4.69) is 0 Å². The van der Waals surface area contributed by atoms with Crippen molar-refractivity contribution in [2.75, 3.05) is 13.2 Å². The van der Waals surface area contributed by atoms with Gasteiger partial charge in [-0.1, -0.05) is 0 Å². The van der Waals surface area contributed by atoms with Crippen molar-refractivity contribution in [2.45, 2.75) is 37.1 Å². The van der Waals surface area contributed by atoms with E-state index in [-0.39, 0.29) is 12.2 Å². The van der Waals surface area contributed by atoms with E-state index in [1.165, 1.54) is 6.42 Å². The molecule has 4 unspecified atom stereocenters. The molecule has 0 bridgehead atoms. The molecule has 3 rings (SSSR count). The van der Waals surface area contributed by atoms with Crippen LogP contribution in [0.4, 0.5) is 0 Å². The zero-order valence-corrected chi connectivity index (χ0v) is 7.03. The first kappa shape index (κ1) is 7.30. The van der Waals surface area contributed by atoms with Gasteiger partial charge in [0.25, 0.3) is 0 Å². The molecule has 68 valence electrons. The highest BCUT2D eigenvalue weighted by atomic mass is 16.6. The molecule has 0 aromatic rings. The van der Waals surface area contributed by atoms with Crippen LogP contribution in [0.15, 0.2) is 0 Å². The molecular weight excluding hydrogens is 156 g/mol. The quantitative estimate of drug-likeness (QED) is 0.607. The van der Waals surface area contributed by atoms with Crippen LogP contribution in [0, 0.1) is 5.92 Å². The van der Waals surface area contributed by atoms with Crippen molar-refractivity contribution in [2.24, 2.45) is 5.92 Å². The summed E-state index contributed by atoms with van der Waals surface area (Å²) in [5, 5.41) is 9.08. The third kappa shape index (κ3) is 0.934. The standard InChI is InChI=1S/C9H14O3/c10-5-9-2-1-6(7-4-11-7)3-8(9)12-9/h6-8,10H,1-5H2. The second-order valence-corrected chi connectivity index (χ2v) is 4.24. The van der Waals surface area contributed by atoms with Gasteiger partial charge >= 0.3 is 0 Å². The molecule has 0 aromatic carbocycles. The number of aliphatic hydroxyl groups is 1. The molecule has 3 aliphatic rings. The van der Waals surface area contributed by atoms with Gasteiger partial charge in [0.1, 0.15) is 5.60 Å². The summed E-state index contributed by atoms with van der Waals surface area (Å²) in [6.07, 6.45) is 4.15. The first-order chi connectivity index (χ1) is 5.84. The maximum Gasteiger partial charge on any atom is 0.118 e. The van der Waals surface area contributed by atoms with Crippen LogP contribution < -0.4 is 0 Å². The van der Waals surface area contributed by atoms with Crippen molar-refractivity contribution >= 4 is 0 Å². The summed E-state index contributed by atoms with van der Waals surface area (Å²) in [5.41, 5.74) is -0.120. The average molecular weight is 170 g/mol. The van der Waals surface area contributed by atoms with Crippen molar-refractivity contribution in [1.29, 1.82) is 0 Å². The maximum absolute atomic E-state index is 9.08. The summed E-state index contributed by atoms with van der Waals surface area (Å²) in [6, 6.07) is 0. The second-order valence-electron chi connectivity index (χ2n) is 4.24. The maximum atomic E-state index is 9.08. The molecule has 1 N–H and O–H groups in total. The third-order valence-corrected chi connectivity index (χ3v) is 3.51. The molecule has 3 nitrogen and oxygen atoms in total. The fraction of sp³-hybridized carbons (Fsp3) is 1.00. The normalized spacial score (nSPS) is 56.2. The summed E-state index contributed by atoms with van der Waals surface area (Å²) in [7, 11) is 0. The Morgan fingerprint density at radius 2 is 2.33 bits per heavy atom. The molecule has 0 spiro atoms. The zero-order chi connectivity index (χ0) is 8.18. The Morgan fingerprint density at radius 3 is 2.92 bits per heavy atom. The smallest absolute Gasteiger partial charge is 0.118 e. The third-order valence-electron chi connectivity index (χ3n) is 3.51. The van der Waals surface area contributed by atoms with Crippen molar-refractivity contribution in [3.8, 4) is 0 Å². The number of aliphatic hydroxyl groups excluding tert-OH is 1. The van der Waals surface area contributed by atoms with Crippen LogP contribution in [-0.4, -0.2) is 36.1 Å². The van der Waals surface area contributed by atoms with E-state index < -0.39 is 0 Å². The Kier molecular flexibility index (Phi) is 1.35. The minimum Gasteiger partial charge on any atom is -0.393 e. The lowest BCUT2D eigenvalue weighted by Gasteiger charge is -2.21. The van der Waals surface area contributed by atoms with E-state index in [4.69, 9.17) is 14.6 Å².